The molecule has 2 atom stereocenters. The van der Waals surface area contributed by atoms with E-state index in [0.29, 0.717) is 18.5 Å². The Morgan fingerprint density at radius 3 is 2.29 bits per heavy atom. The van der Waals surface area contributed by atoms with E-state index < -0.39 is 0 Å². The molecule has 1 heterocycles. The van der Waals surface area contributed by atoms with Crippen LogP contribution in [0.5, 0.6) is 0 Å². The van der Waals surface area contributed by atoms with Gasteiger partial charge in [-0.1, -0.05) is 12.1 Å². The summed E-state index contributed by atoms with van der Waals surface area (Å²) >= 11 is 0. The van der Waals surface area contributed by atoms with Crippen molar-refractivity contribution in [2.75, 3.05) is 5.73 Å². The second kappa shape index (κ2) is 4.78. The van der Waals surface area contributed by atoms with Gasteiger partial charge in [-0.15, -0.1) is 0 Å². The van der Waals surface area contributed by atoms with Gasteiger partial charge in [-0.3, -0.25) is 4.79 Å². The number of nitrogens with two attached hydrogens (primary N) is 1. The number of hydrogen-bond donors (Lipinski definition) is 1. The van der Waals surface area contributed by atoms with Gasteiger partial charge in [0.25, 0.3) is 0 Å². The average molecular weight is 232 g/mol. The molecular weight excluding hydrogens is 212 g/mol. The fraction of sp³-hybridized carbons (Fsp3) is 0.500. The highest BCUT2D eigenvalue weighted by atomic mass is 16.2. The van der Waals surface area contributed by atoms with Crippen LogP contribution in [0.1, 0.15) is 32.3 Å². The zero-order valence-electron chi connectivity index (χ0n) is 10.5. The maximum Gasteiger partial charge on any atom is 0.227 e. The third-order valence-corrected chi connectivity index (χ3v) is 3.58. The van der Waals surface area contributed by atoms with Gasteiger partial charge in [-0.2, -0.15) is 0 Å². The second-order valence-electron chi connectivity index (χ2n) is 4.99. The number of rotatable bonds is 2. The van der Waals surface area contributed by atoms with Crippen LogP contribution in [0.2, 0.25) is 0 Å². The van der Waals surface area contributed by atoms with Crippen molar-refractivity contribution in [1.82, 2.24) is 4.90 Å². The first-order valence-electron chi connectivity index (χ1n) is 6.23. The number of nitrogen functional groups attached to an aromatic ring is 1. The average Bonchev–Trinajstić information content (AvgIpc) is 2.62. The van der Waals surface area contributed by atoms with E-state index in [-0.39, 0.29) is 5.91 Å². The molecule has 1 aliphatic heterocycles. The maximum absolute atomic E-state index is 12.2. The van der Waals surface area contributed by atoms with Crippen LogP contribution < -0.4 is 5.73 Å². The van der Waals surface area contributed by atoms with Crippen molar-refractivity contribution < 1.29 is 4.79 Å². The molecule has 1 amide bonds. The third-order valence-electron chi connectivity index (χ3n) is 3.58. The summed E-state index contributed by atoms with van der Waals surface area (Å²) in [6.45, 7) is 4.26. The minimum atomic E-state index is 0.229. The number of hydrogen-bond acceptors (Lipinski definition) is 2. The number of carbonyl (C=O) groups is 1. The zero-order chi connectivity index (χ0) is 12.4. The van der Waals surface area contributed by atoms with Gasteiger partial charge in [0.05, 0.1) is 6.42 Å². The number of amides is 1. The Morgan fingerprint density at radius 1 is 1.24 bits per heavy atom. The molecule has 0 aliphatic carbocycles. The molecule has 3 nitrogen and oxygen atoms in total. The first-order chi connectivity index (χ1) is 8.08. The monoisotopic (exact) mass is 232 g/mol. The lowest BCUT2D eigenvalue weighted by Gasteiger charge is -2.26. The molecule has 0 radical (unpaired) electrons. The Balaban J connectivity index is 2.04. The predicted octanol–water partition coefficient (Wildman–Crippen LogP) is 2.21. The minimum absolute atomic E-state index is 0.229. The Kier molecular flexibility index (Phi) is 3.36. The molecule has 1 aliphatic rings. The molecule has 1 saturated heterocycles. The molecule has 1 fully saturated rings. The summed E-state index contributed by atoms with van der Waals surface area (Å²) in [5.74, 6) is 0.229. The van der Waals surface area contributed by atoms with Crippen LogP contribution >= 0.6 is 0 Å². The predicted molar refractivity (Wildman–Crippen MR) is 69.6 cm³/mol. The molecule has 3 heteroatoms. The van der Waals surface area contributed by atoms with Crippen molar-refractivity contribution >= 4 is 11.6 Å². The molecule has 1 aromatic carbocycles. The second-order valence-corrected chi connectivity index (χ2v) is 4.99. The summed E-state index contributed by atoms with van der Waals surface area (Å²) in [6, 6.07) is 8.31. The van der Waals surface area contributed by atoms with Gasteiger partial charge >= 0.3 is 0 Å². The fourth-order valence-electron chi connectivity index (χ4n) is 2.59. The molecule has 92 valence electrons. The topological polar surface area (TPSA) is 46.3 Å². The molecule has 17 heavy (non-hydrogen) atoms. The van der Waals surface area contributed by atoms with E-state index in [2.05, 4.69) is 13.8 Å². The van der Waals surface area contributed by atoms with Gasteiger partial charge in [0, 0.05) is 17.8 Å². The molecule has 0 spiro atoms. The standard InChI is InChI=1S/C14H20N2O/c1-10-3-4-11(2)16(10)14(17)9-12-5-7-13(15)8-6-12/h5-8,10-11H,3-4,9,15H2,1-2H3. The van der Waals surface area contributed by atoms with Crippen molar-refractivity contribution in [3.05, 3.63) is 29.8 Å². The SMILES string of the molecule is CC1CCC(C)N1C(=O)Cc1ccc(N)cc1. The van der Waals surface area contributed by atoms with Crippen LogP contribution in [0.25, 0.3) is 0 Å². The van der Waals surface area contributed by atoms with Crippen LogP contribution in [0.3, 0.4) is 0 Å². The number of likely N-dealkylation sites (tertiary alicyclic amines) is 1. The zero-order valence-corrected chi connectivity index (χ0v) is 10.5. The highest BCUT2D eigenvalue weighted by Gasteiger charge is 2.30. The van der Waals surface area contributed by atoms with Crippen molar-refractivity contribution in [1.29, 1.82) is 0 Å². The normalized spacial score (nSPS) is 24.0. The van der Waals surface area contributed by atoms with Crippen LogP contribution in [-0.2, 0) is 11.2 Å². The van der Waals surface area contributed by atoms with Gasteiger partial charge in [0.1, 0.15) is 0 Å². The number of nitrogens with zero attached hydrogens (tertiary/aromatic N) is 1. The molecule has 0 saturated carbocycles. The fourth-order valence-corrected chi connectivity index (χ4v) is 2.59. The number of carbonyl (C=O) groups excluding carboxylic acids is 1. The smallest absolute Gasteiger partial charge is 0.227 e. The van der Waals surface area contributed by atoms with Gasteiger partial charge in [-0.25, -0.2) is 0 Å². The highest BCUT2D eigenvalue weighted by Crippen LogP contribution is 2.24. The molecular formula is C14H20N2O. The van der Waals surface area contributed by atoms with E-state index in [1.54, 1.807) is 0 Å². The molecule has 2 rings (SSSR count). The van der Waals surface area contributed by atoms with E-state index in [9.17, 15) is 4.79 Å². The summed E-state index contributed by atoms with van der Waals surface area (Å²) in [5.41, 5.74) is 7.41. The Hall–Kier alpha value is -1.51. The first-order valence-corrected chi connectivity index (χ1v) is 6.23. The largest absolute Gasteiger partial charge is 0.399 e. The minimum Gasteiger partial charge on any atom is -0.399 e. The lowest BCUT2D eigenvalue weighted by atomic mass is 10.1. The van der Waals surface area contributed by atoms with Crippen LogP contribution in [0.15, 0.2) is 24.3 Å². The van der Waals surface area contributed by atoms with E-state index in [1.165, 1.54) is 0 Å². The summed E-state index contributed by atoms with van der Waals surface area (Å²) < 4.78 is 0. The van der Waals surface area contributed by atoms with Gasteiger partial charge in [0.15, 0.2) is 0 Å². The summed E-state index contributed by atoms with van der Waals surface area (Å²) in [7, 11) is 0. The summed E-state index contributed by atoms with van der Waals surface area (Å²) in [5, 5.41) is 0. The van der Waals surface area contributed by atoms with E-state index >= 15 is 0 Å². The van der Waals surface area contributed by atoms with Gasteiger partial charge in [-0.05, 0) is 44.4 Å². The summed E-state index contributed by atoms with van der Waals surface area (Å²) in [6.07, 6.45) is 2.72. The van der Waals surface area contributed by atoms with Crippen molar-refractivity contribution in [3.63, 3.8) is 0 Å². The van der Waals surface area contributed by atoms with Gasteiger partial charge < -0.3 is 10.6 Å². The van der Waals surface area contributed by atoms with E-state index in [4.69, 9.17) is 5.73 Å². The first kappa shape index (κ1) is 12.0. The van der Waals surface area contributed by atoms with Crippen LogP contribution in [-0.4, -0.2) is 22.9 Å². The quantitative estimate of drug-likeness (QED) is 0.795. The van der Waals surface area contributed by atoms with Gasteiger partial charge in [0.2, 0.25) is 5.91 Å². The van der Waals surface area contributed by atoms with Crippen molar-refractivity contribution in [2.45, 2.75) is 45.2 Å². The Morgan fingerprint density at radius 2 is 1.76 bits per heavy atom. The van der Waals surface area contributed by atoms with Crippen LogP contribution in [0.4, 0.5) is 5.69 Å². The number of benzene rings is 1. The molecule has 0 bridgehead atoms. The molecule has 2 N–H and O–H groups in total. The lowest BCUT2D eigenvalue weighted by Crippen LogP contribution is -2.39. The van der Waals surface area contributed by atoms with Crippen molar-refractivity contribution in [3.8, 4) is 0 Å². The Bertz CT molecular complexity index is 389. The van der Waals surface area contributed by atoms with E-state index in [0.717, 1.165) is 24.1 Å². The van der Waals surface area contributed by atoms with Crippen LogP contribution in [0, 0.1) is 0 Å². The van der Waals surface area contributed by atoms with Crippen molar-refractivity contribution in [2.24, 2.45) is 0 Å². The maximum atomic E-state index is 12.2. The molecule has 2 unspecified atom stereocenters. The Labute approximate surface area is 103 Å². The number of anilines is 1. The third kappa shape index (κ3) is 2.60. The lowest BCUT2D eigenvalue weighted by molar-refractivity contribution is -0.132. The highest BCUT2D eigenvalue weighted by molar-refractivity contribution is 5.79. The summed E-state index contributed by atoms with van der Waals surface area (Å²) in [4.78, 5) is 14.2. The molecule has 1 aromatic rings. The van der Waals surface area contributed by atoms with E-state index in [1.807, 2.05) is 29.2 Å². The molecule has 0 aromatic heterocycles.